The summed E-state index contributed by atoms with van der Waals surface area (Å²) in [5.74, 6) is 0. The molecular weight excluding hydrogens is 256 g/mol. The Bertz CT molecular complexity index is 441. The van der Waals surface area contributed by atoms with E-state index >= 15 is 0 Å². The molecular formula is C16H18O4. The largest absolute Gasteiger partial charge is 0.364 e. The van der Waals surface area contributed by atoms with Gasteiger partial charge in [-0.3, -0.25) is 0 Å². The van der Waals surface area contributed by atoms with Crippen molar-refractivity contribution in [3.63, 3.8) is 0 Å². The SMILES string of the molecule is OC(O)C(OCc1ccccc1)OCc1ccccc1. The van der Waals surface area contributed by atoms with Crippen LogP contribution in [0, 0.1) is 0 Å². The van der Waals surface area contributed by atoms with Crippen LogP contribution in [0.3, 0.4) is 0 Å². The molecule has 20 heavy (non-hydrogen) atoms. The molecule has 0 aromatic heterocycles. The highest BCUT2D eigenvalue weighted by molar-refractivity contribution is 5.14. The van der Waals surface area contributed by atoms with E-state index in [4.69, 9.17) is 9.47 Å². The number of aliphatic hydroxyl groups is 2. The van der Waals surface area contributed by atoms with Gasteiger partial charge in [0.1, 0.15) is 0 Å². The Hall–Kier alpha value is -1.72. The van der Waals surface area contributed by atoms with E-state index in [0.29, 0.717) is 0 Å². The van der Waals surface area contributed by atoms with Crippen molar-refractivity contribution in [3.8, 4) is 0 Å². The summed E-state index contributed by atoms with van der Waals surface area (Å²) < 4.78 is 10.8. The van der Waals surface area contributed by atoms with Gasteiger partial charge in [0.05, 0.1) is 13.2 Å². The van der Waals surface area contributed by atoms with E-state index in [9.17, 15) is 10.2 Å². The molecule has 4 nitrogen and oxygen atoms in total. The van der Waals surface area contributed by atoms with E-state index < -0.39 is 12.6 Å². The molecule has 0 fully saturated rings. The summed E-state index contributed by atoms with van der Waals surface area (Å²) >= 11 is 0. The summed E-state index contributed by atoms with van der Waals surface area (Å²) in [6.07, 6.45) is -2.75. The van der Waals surface area contributed by atoms with Gasteiger partial charge in [0.25, 0.3) is 0 Å². The van der Waals surface area contributed by atoms with Crippen LogP contribution in [0.15, 0.2) is 60.7 Å². The van der Waals surface area contributed by atoms with Crippen molar-refractivity contribution in [3.05, 3.63) is 71.8 Å². The van der Waals surface area contributed by atoms with E-state index in [0.717, 1.165) is 11.1 Å². The van der Waals surface area contributed by atoms with Crippen molar-refractivity contribution >= 4 is 0 Å². The molecule has 106 valence electrons. The summed E-state index contributed by atoms with van der Waals surface area (Å²) in [5.41, 5.74) is 1.89. The Morgan fingerprint density at radius 1 is 0.700 bits per heavy atom. The second-order valence-corrected chi connectivity index (χ2v) is 4.38. The molecule has 4 heteroatoms. The number of aliphatic hydroxyl groups excluding tert-OH is 1. The van der Waals surface area contributed by atoms with Crippen molar-refractivity contribution in [1.82, 2.24) is 0 Å². The van der Waals surface area contributed by atoms with Gasteiger partial charge in [0.15, 0.2) is 0 Å². The molecule has 0 unspecified atom stereocenters. The minimum Gasteiger partial charge on any atom is -0.364 e. The van der Waals surface area contributed by atoms with Gasteiger partial charge in [-0.15, -0.1) is 0 Å². The number of hydrogen-bond donors (Lipinski definition) is 2. The Balaban J connectivity index is 1.84. The van der Waals surface area contributed by atoms with E-state index in [-0.39, 0.29) is 13.2 Å². The monoisotopic (exact) mass is 274 g/mol. The fourth-order valence-corrected chi connectivity index (χ4v) is 1.73. The Kier molecular flexibility index (Phi) is 5.70. The van der Waals surface area contributed by atoms with E-state index in [2.05, 4.69) is 0 Å². The lowest BCUT2D eigenvalue weighted by Crippen LogP contribution is -2.31. The van der Waals surface area contributed by atoms with Crippen molar-refractivity contribution < 1.29 is 19.7 Å². The molecule has 0 atom stereocenters. The maximum Gasteiger partial charge on any atom is 0.209 e. The number of benzene rings is 2. The van der Waals surface area contributed by atoms with Crippen molar-refractivity contribution in [2.75, 3.05) is 0 Å². The van der Waals surface area contributed by atoms with Crippen molar-refractivity contribution in [2.24, 2.45) is 0 Å². The molecule has 2 rings (SSSR count). The van der Waals surface area contributed by atoms with E-state index in [1.54, 1.807) is 0 Å². The summed E-state index contributed by atoms with van der Waals surface area (Å²) in [6, 6.07) is 19.0. The first kappa shape index (κ1) is 14.7. The zero-order valence-corrected chi connectivity index (χ0v) is 11.1. The maximum absolute atomic E-state index is 9.27. The Labute approximate surface area is 118 Å². The topological polar surface area (TPSA) is 58.9 Å². The number of ether oxygens (including phenoxy) is 2. The lowest BCUT2D eigenvalue weighted by atomic mass is 10.2. The van der Waals surface area contributed by atoms with Gasteiger partial charge in [0, 0.05) is 0 Å². The van der Waals surface area contributed by atoms with E-state index in [1.165, 1.54) is 0 Å². The van der Waals surface area contributed by atoms with Gasteiger partial charge in [-0.1, -0.05) is 60.7 Å². The molecule has 0 heterocycles. The Morgan fingerprint density at radius 2 is 1.10 bits per heavy atom. The van der Waals surface area contributed by atoms with Gasteiger partial charge in [-0.25, -0.2) is 0 Å². The molecule has 2 N–H and O–H groups in total. The third kappa shape index (κ3) is 4.75. The van der Waals surface area contributed by atoms with Crippen LogP contribution in [0.4, 0.5) is 0 Å². The highest BCUT2D eigenvalue weighted by atomic mass is 16.7. The second kappa shape index (κ2) is 7.77. The second-order valence-electron chi connectivity index (χ2n) is 4.38. The number of hydrogen-bond acceptors (Lipinski definition) is 4. The first-order chi connectivity index (χ1) is 9.75. The molecule has 0 aliphatic rings. The van der Waals surface area contributed by atoms with Gasteiger partial charge >= 0.3 is 0 Å². The molecule has 2 aromatic carbocycles. The molecule has 0 radical (unpaired) electrons. The van der Waals surface area contributed by atoms with Crippen LogP contribution in [0.2, 0.25) is 0 Å². The van der Waals surface area contributed by atoms with Gasteiger partial charge in [-0.05, 0) is 11.1 Å². The molecule has 0 bridgehead atoms. The average molecular weight is 274 g/mol. The van der Waals surface area contributed by atoms with Crippen molar-refractivity contribution in [1.29, 1.82) is 0 Å². The predicted octanol–water partition coefficient (Wildman–Crippen LogP) is 2.06. The lowest BCUT2D eigenvalue weighted by Gasteiger charge is -2.20. The molecule has 2 aromatic rings. The zero-order valence-electron chi connectivity index (χ0n) is 11.1. The van der Waals surface area contributed by atoms with Gasteiger partial charge < -0.3 is 19.7 Å². The molecule has 0 aliphatic heterocycles. The average Bonchev–Trinajstić information content (AvgIpc) is 2.49. The molecule has 0 spiro atoms. The summed E-state index contributed by atoms with van der Waals surface area (Å²) in [6.45, 7) is 0.524. The van der Waals surface area contributed by atoms with Crippen LogP contribution >= 0.6 is 0 Å². The highest BCUT2D eigenvalue weighted by Gasteiger charge is 2.18. The zero-order chi connectivity index (χ0) is 14.2. The maximum atomic E-state index is 9.27. The minimum atomic E-state index is -1.68. The van der Waals surface area contributed by atoms with E-state index in [1.807, 2.05) is 60.7 Å². The normalized spacial score (nSPS) is 11.2. The first-order valence-corrected chi connectivity index (χ1v) is 6.43. The fraction of sp³-hybridized carbons (Fsp3) is 0.250. The molecule has 0 amide bonds. The third-order valence-electron chi connectivity index (χ3n) is 2.76. The highest BCUT2D eigenvalue weighted by Crippen LogP contribution is 2.10. The standard InChI is InChI=1S/C16H18O4/c17-15(18)16(19-11-13-7-3-1-4-8-13)20-12-14-9-5-2-6-10-14/h1-10,15-18H,11-12H2. The summed E-state index contributed by atoms with van der Waals surface area (Å²) in [4.78, 5) is 0. The van der Waals surface area contributed by atoms with Crippen LogP contribution in [0.1, 0.15) is 11.1 Å². The van der Waals surface area contributed by atoms with Gasteiger partial charge in [-0.2, -0.15) is 0 Å². The summed E-state index contributed by atoms with van der Waals surface area (Å²) in [5, 5.41) is 18.5. The quantitative estimate of drug-likeness (QED) is 0.759. The lowest BCUT2D eigenvalue weighted by molar-refractivity contribution is -0.262. The molecule has 0 aliphatic carbocycles. The molecule has 0 saturated carbocycles. The van der Waals surface area contributed by atoms with Gasteiger partial charge in [0.2, 0.25) is 12.6 Å². The first-order valence-electron chi connectivity index (χ1n) is 6.43. The third-order valence-corrected chi connectivity index (χ3v) is 2.76. The minimum absolute atomic E-state index is 0.262. The fourth-order valence-electron chi connectivity index (χ4n) is 1.73. The van der Waals surface area contributed by atoms with Crippen LogP contribution < -0.4 is 0 Å². The molecule has 0 saturated heterocycles. The van der Waals surface area contributed by atoms with Crippen molar-refractivity contribution in [2.45, 2.75) is 25.8 Å². The summed E-state index contributed by atoms with van der Waals surface area (Å²) in [7, 11) is 0. The van der Waals surface area contributed by atoms with Crippen LogP contribution in [-0.4, -0.2) is 22.8 Å². The number of rotatable bonds is 7. The Morgan fingerprint density at radius 3 is 1.45 bits per heavy atom. The smallest absolute Gasteiger partial charge is 0.209 e. The van der Waals surface area contributed by atoms with Crippen LogP contribution in [-0.2, 0) is 22.7 Å². The van der Waals surface area contributed by atoms with Crippen LogP contribution in [0.5, 0.6) is 0 Å². The van der Waals surface area contributed by atoms with Crippen LogP contribution in [0.25, 0.3) is 0 Å². The predicted molar refractivity (Wildman–Crippen MR) is 74.5 cm³/mol.